The van der Waals surface area contributed by atoms with Crippen molar-refractivity contribution < 1.29 is 13.5 Å². The van der Waals surface area contributed by atoms with E-state index in [4.69, 9.17) is 21.3 Å². The van der Waals surface area contributed by atoms with Gasteiger partial charge in [0.25, 0.3) is 0 Å². The summed E-state index contributed by atoms with van der Waals surface area (Å²) in [7, 11) is 1.60. The molecule has 35 heavy (non-hydrogen) atoms. The third-order valence-corrected chi connectivity index (χ3v) is 8.12. The molecule has 1 atom stereocenters. The molecule has 1 aliphatic rings. The molecule has 9 heteroatoms. The van der Waals surface area contributed by atoms with Crippen molar-refractivity contribution in [3.8, 4) is 11.4 Å². The van der Waals surface area contributed by atoms with Gasteiger partial charge in [-0.2, -0.15) is 0 Å². The third-order valence-electron chi connectivity index (χ3n) is 6.16. The number of fused-ring (bicyclic) bond motifs is 1. The zero-order valence-electron chi connectivity index (χ0n) is 18.8. The summed E-state index contributed by atoms with van der Waals surface area (Å²) in [5, 5.41) is 1.29. The molecule has 5 rings (SSSR count). The first-order chi connectivity index (χ1) is 17.0. The highest BCUT2D eigenvalue weighted by Crippen LogP contribution is 2.43. The maximum atomic E-state index is 14.4. The molecular weight excluding hydrogens is 556 g/mol. The van der Waals surface area contributed by atoms with Crippen LogP contribution in [0, 0.1) is 11.6 Å². The number of ether oxygens (including phenoxy) is 1. The van der Waals surface area contributed by atoms with Crippen LogP contribution >= 0.6 is 39.3 Å². The normalized spacial score (nSPS) is 15.2. The second-order valence-corrected chi connectivity index (χ2v) is 10.5. The molecule has 0 amide bonds. The number of halogens is 4. The first-order valence-electron chi connectivity index (χ1n) is 11.1. The van der Waals surface area contributed by atoms with Crippen LogP contribution in [-0.2, 0) is 12.2 Å². The van der Waals surface area contributed by atoms with Crippen molar-refractivity contribution in [2.24, 2.45) is 0 Å². The van der Waals surface area contributed by atoms with E-state index in [2.05, 4.69) is 25.5 Å². The lowest BCUT2D eigenvalue weighted by molar-refractivity contribution is 0.414. The van der Waals surface area contributed by atoms with Crippen molar-refractivity contribution in [2.45, 2.75) is 36.1 Å². The average molecular weight is 577 g/mol. The number of aromatic nitrogens is 3. The topological polar surface area (TPSA) is 39.9 Å². The molecule has 0 aliphatic heterocycles. The highest BCUT2D eigenvalue weighted by atomic mass is 79.9. The van der Waals surface area contributed by atoms with E-state index in [0.717, 1.165) is 47.1 Å². The highest BCUT2D eigenvalue weighted by Gasteiger charge is 2.30. The molecule has 1 aliphatic carbocycles. The Morgan fingerprint density at radius 2 is 1.97 bits per heavy atom. The summed E-state index contributed by atoms with van der Waals surface area (Å²) in [4.78, 5) is 8.86. The van der Waals surface area contributed by atoms with Crippen LogP contribution in [0.25, 0.3) is 5.69 Å². The van der Waals surface area contributed by atoms with Gasteiger partial charge in [0.2, 0.25) is 0 Å². The number of hydrogen-bond donors (Lipinski definition) is 0. The van der Waals surface area contributed by atoms with Gasteiger partial charge in [-0.15, -0.1) is 0 Å². The Balaban J connectivity index is 1.62. The standard InChI is InChI=1S/C26H21BrClF2N3OS/c1-34-24-11-15(5-10-21(24)28)18-3-2-4-23-25(18)33(17-8-6-16(29)7-9-17)26(32-23)35-14-19-20(27)12-31-13-22(19)30/h5-13,18H,2-4,14H2,1H3. The van der Waals surface area contributed by atoms with Crippen molar-refractivity contribution >= 4 is 39.3 Å². The first kappa shape index (κ1) is 24.3. The lowest BCUT2D eigenvalue weighted by Gasteiger charge is -2.26. The molecule has 0 fully saturated rings. The van der Waals surface area contributed by atoms with Gasteiger partial charge in [0.15, 0.2) is 5.16 Å². The van der Waals surface area contributed by atoms with Crippen LogP contribution in [0.1, 0.15) is 41.3 Å². The second kappa shape index (κ2) is 10.3. The zero-order valence-corrected chi connectivity index (χ0v) is 21.9. The molecule has 180 valence electrons. The van der Waals surface area contributed by atoms with Crippen molar-refractivity contribution in [2.75, 3.05) is 7.11 Å². The quantitative estimate of drug-likeness (QED) is 0.220. The summed E-state index contributed by atoms with van der Waals surface area (Å²) >= 11 is 11.1. The Hall–Kier alpha value is -2.42. The maximum Gasteiger partial charge on any atom is 0.173 e. The van der Waals surface area contributed by atoms with Crippen molar-refractivity contribution in [1.29, 1.82) is 0 Å². The molecule has 4 aromatic rings. The van der Waals surface area contributed by atoms with E-state index in [9.17, 15) is 8.78 Å². The van der Waals surface area contributed by atoms with E-state index >= 15 is 0 Å². The summed E-state index contributed by atoms with van der Waals surface area (Å²) in [6.07, 6.45) is 5.55. The molecule has 0 saturated heterocycles. The number of pyridine rings is 1. The monoisotopic (exact) mass is 575 g/mol. The van der Waals surface area contributed by atoms with Gasteiger partial charge in [-0.3, -0.25) is 9.55 Å². The molecule has 4 nitrogen and oxygen atoms in total. The number of benzene rings is 2. The van der Waals surface area contributed by atoms with E-state index in [1.165, 1.54) is 30.1 Å². The summed E-state index contributed by atoms with van der Waals surface area (Å²) < 4.78 is 36.4. The van der Waals surface area contributed by atoms with Crippen LogP contribution in [0.5, 0.6) is 5.75 Å². The van der Waals surface area contributed by atoms with Gasteiger partial charge in [-0.25, -0.2) is 13.8 Å². The predicted molar refractivity (Wildman–Crippen MR) is 138 cm³/mol. The smallest absolute Gasteiger partial charge is 0.173 e. The average Bonchev–Trinajstić information content (AvgIpc) is 3.23. The lowest BCUT2D eigenvalue weighted by Crippen LogP contribution is -2.15. The van der Waals surface area contributed by atoms with Gasteiger partial charge >= 0.3 is 0 Å². The molecule has 2 aromatic carbocycles. The number of nitrogens with zero attached hydrogens (tertiary/aromatic N) is 3. The number of rotatable bonds is 6. The maximum absolute atomic E-state index is 14.4. The molecule has 0 radical (unpaired) electrons. The van der Waals surface area contributed by atoms with Gasteiger partial charge < -0.3 is 4.74 Å². The molecule has 0 saturated carbocycles. The Morgan fingerprint density at radius 3 is 2.71 bits per heavy atom. The second-order valence-electron chi connectivity index (χ2n) is 8.25. The zero-order chi connectivity index (χ0) is 24.5. The Labute approximate surface area is 219 Å². The molecule has 2 heterocycles. The molecular formula is C26H21BrClF2N3OS. The van der Waals surface area contributed by atoms with Gasteiger partial charge in [-0.05, 0) is 77.2 Å². The van der Waals surface area contributed by atoms with Gasteiger partial charge in [0.1, 0.15) is 17.4 Å². The Kier molecular flexibility index (Phi) is 7.14. The fourth-order valence-corrected chi connectivity index (χ4v) is 6.38. The predicted octanol–water partition coefficient (Wildman–Crippen LogP) is 7.73. The molecule has 0 N–H and O–H groups in total. The molecule has 0 spiro atoms. The van der Waals surface area contributed by atoms with Crippen LogP contribution in [0.4, 0.5) is 8.78 Å². The van der Waals surface area contributed by atoms with Gasteiger partial charge in [0.05, 0.1) is 29.7 Å². The number of hydrogen-bond acceptors (Lipinski definition) is 4. The van der Waals surface area contributed by atoms with Gasteiger partial charge in [-0.1, -0.05) is 29.4 Å². The Bertz CT molecular complexity index is 1360. The summed E-state index contributed by atoms with van der Waals surface area (Å²) in [6.45, 7) is 0. The largest absolute Gasteiger partial charge is 0.495 e. The Morgan fingerprint density at radius 1 is 1.17 bits per heavy atom. The number of thioether (sulfide) groups is 1. The number of aryl methyl sites for hydroxylation is 1. The highest BCUT2D eigenvalue weighted by molar-refractivity contribution is 9.10. The minimum absolute atomic E-state index is 0.0567. The third kappa shape index (κ3) is 4.84. The summed E-state index contributed by atoms with van der Waals surface area (Å²) in [5.74, 6) is 0.366. The fraction of sp³-hybridized carbons (Fsp3) is 0.231. The van der Waals surface area contributed by atoms with Crippen molar-refractivity contribution in [3.63, 3.8) is 0 Å². The van der Waals surface area contributed by atoms with Crippen LogP contribution in [0.3, 0.4) is 0 Å². The van der Waals surface area contributed by atoms with E-state index in [-0.39, 0.29) is 17.6 Å². The van der Waals surface area contributed by atoms with Gasteiger partial charge in [0, 0.05) is 33.6 Å². The fourth-order valence-electron chi connectivity index (χ4n) is 4.47. The van der Waals surface area contributed by atoms with E-state index in [1.807, 2.05) is 18.2 Å². The molecule has 0 bridgehead atoms. The molecule has 2 aromatic heterocycles. The van der Waals surface area contributed by atoms with E-state index in [0.29, 0.717) is 26.6 Å². The number of methoxy groups -OCH3 is 1. The van der Waals surface area contributed by atoms with E-state index in [1.54, 1.807) is 25.4 Å². The number of imidazole rings is 1. The SMILES string of the molecule is COc1cc(C2CCCc3nc(SCc4c(F)cncc4Br)n(-c4ccc(F)cc4)c32)ccc1Cl. The minimum Gasteiger partial charge on any atom is -0.495 e. The summed E-state index contributed by atoms with van der Waals surface area (Å²) in [6, 6.07) is 12.2. The first-order valence-corrected chi connectivity index (χ1v) is 13.2. The van der Waals surface area contributed by atoms with Crippen LogP contribution < -0.4 is 4.74 Å². The van der Waals surface area contributed by atoms with Crippen LogP contribution in [-0.4, -0.2) is 21.6 Å². The van der Waals surface area contributed by atoms with Crippen molar-refractivity contribution in [3.05, 3.63) is 98.5 Å². The minimum atomic E-state index is -0.373. The van der Waals surface area contributed by atoms with Crippen LogP contribution in [0.15, 0.2) is 64.5 Å². The van der Waals surface area contributed by atoms with Crippen LogP contribution in [0.2, 0.25) is 5.02 Å². The molecule has 1 unspecified atom stereocenters. The summed E-state index contributed by atoms with van der Waals surface area (Å²) in [5.41, 5.74) is 4.47. The lowest BCUT2D eigenvalue weighted by atomic mass is 9.84. The van der Waals surface area contributed by atoms with E-state index < -0.39 is 0 Å². The van der Waals surface area contributed by atoms with Crippen molar-refractivity contribution in [1.82, 2.24) is 14.5 Å².